The number of aryl methyl sites for hydroxylation is 2. The van der Waals surface area contributed by atoms with Crippen LogP contribution in [0.3, 0.4) is 0 Å². The highest BCUT2D eigenvalue weighted by Gasteiger charge is 2.43. The highest BCUT2D eigenvalue weighted by Crippen LogP contribution is 2.48. The zero-order chi connectivity index (χ0) is 23.9. The minimum atomic E-state index is -0.595. The van der Waals surface area contributed by atoms with Crippen molar-refractivity contribution in [3.8, 4) is 34.3 Å². The molecule has 3 N–H and O–H groups in total. The number of rotatable bonds is 7. The maximum Gasteiger partial charge on any atom is 0.273 e. The van der Waals surface area contributed by atoms with Crippen LogP contribution in [0.2, 0.25) is 0 Å². The first-order chi connectivity index (χ1) is 15.9. The molecular formula is C24H27N3O6. The number of aromatic nitrogens is 2. The van der Waals surface area contributed by atoms with Gasteiger partial charge in [-0.15, -0.1) is 0 Å². The lowest BCUT2D eigenvalue weighted by Gasteiger charge is -2.27. The van der Waals surface area contributed by atoms with Gasteiger partial charge in [-0.25, -0.2) is 0 Å². The van der Waals surface area contributed by atoms with Crippen LogP contribution in [0.4, 0.5) is 0 Å². The first-order valence-corrected chi connectivity index (χ1v) is 10.5. The van der Waals surface area contributed by atoms with Crippen LogP contribution in [0.15, 0.2) is 24.3 Å². The van der Waals surface area contributed by atoms with Gasteiger partial charge in [0.25, 0.3) is 5.91 Å². The number of aromatic hydroxyl groups is 1. The molecule has 9 heteroatoms. The Morgan fingerprint density at radius 1 is 1.06 bits per heavy atom. The number of β-amino-alcohol motifs (C(OH)–C–C–N with tert-alkyl or cyclic N) is 1. The lowest BCUT2D eigenvalue weighted by molar-refractivity contribution is 0.0706. The predicted molar refractivity (Wildman–Crippen MR) is 121 cm³/mol. The Hall–Kier alpha value is -3.72. The SMILES string of the molecule is COc1cc(C2c3c(-c4c(C)cc(C)cc4O)n[nH]c3C(=O)N2CCO)cc(OC)c1OC. The fraction of sp³-hybridized carbons (Fsp3) is 0.333. The van der Waals surface area contributed by atoms with Gasteiger partial charge in [-0.2, -0.15) is 5.10 Å². The third-order valence-electron chi connectivity index (χ3n) is 5.90. The van der Waals surface area contributed by atoms with Gasteiger partial charge < -0.3 is 29.3 Å². The number of nitrogens with one attached hydrogen (secondary N) is 1. The van der Waals surface area contributed by atoms with Gasteiger partial charge in [-0.1, -0.05) is 6.07 Å². The lowest BCUT2D eigenvalue weighted by atomic mass is 9.92. The fourth-order valence-electron chi connectivity index (χ4n) is 4.58. The molecule has 1 aliphatic rings. The summed E-state index contributed by atoms with van der Waals surface area (Å²) in [6.45, 7) is 3.69. The molecule has 9 nitrogen and oxygen atoms in total. The monoisotopic (exact) mass is 453 g/mol. The second kappa shape index (κ2) is 8.67. The standard InChI is InChI=1S/C24H27N3O6/c1-12-8-13(2)18(15(29)9-12)20-19-21(26-25-20)24(30)27(6-7-28)22(19)14-10-16(31-3)23(33-5)17(11-14)32-4/h8-11,22,28-29H,6-7H2,1-5H3,(H,25,26). The number of nitrogens with zero attached hydrogens (tertiary/aromatic N) is 2. The van der Waals surface area contributed by atoms with Crippen molar-refractivity contribution in [2.24, 2.45) is 0 Å². The molecule has 33 heavy (non-hydrogen) atoms. The van der Waals surface area contributed by atoms with E-state index in [1.807, 2.05) is 19.9 Å². The first-order valence-electron chi connectivity index (χ1n) is 10.5. The van der Waals surface area contributed by atoms with Gasteiger partial charge in [0, 0.05) is 17.7 Å². The summed E-state index contributed by atoms with van der Waals surface area (Å²) >= 11 is 0. The molecule has 0 radical (unpaired) electrons. The number of aliphatic hydroxyl groups excluding tert-OH is 1. The Morgan fingerprint density at radius 3 is 2.27 bits per heavy atom. The van der Waals surface area contributed by atoms with Gasteiger partial charge in [0.1, 0.15) is 17.1 Å². The molecule has 0 saturated carbocycles. The summed E-state index contributed by atoms with van der Waals surface area (Å²) in [5.41, 5.74) is 4.40. The number of methoxy groups -OCH3 is 3. The number of carbonyl (C=O) groups excluding carboxylic acids is 1. The number of hydrogen-bond donors (Lipinski definition) is 3. The summed E-state index contributed by atoms with van der Waals surface area (Å²) in [5, 5.41) is 27.7. The third kappa shape index (κ3) is 3.54. The van der Waals surface area contributed by atoms with Gasteiger partial charge in [-0.05, 0) is 48.7 Å². The van der Waals surface area contributed by atoms with E-state index in [0.29, 0.717) is 45.3 Å². The summed E-state index contributed by atoms with van der Waals surface area (Å²) in [4.78, 5) is 14.8. The smallest absolute Gasteiger partial charge is 0.273 e. The van der Waals surface area contributed by atoms with Crippen molar-refractivity contribution in [3.63, 3.8) is 0 Å². The maximum absolute atomic E-state index is 13.3. The number of hydrogen-bond acceptors (Lipinski definition) is 7. The normalized spacial score (nSPS) is 15.0. The molecule has 4 rings (SSSR count). The molecule has 2 heterocycles. The van der Waals surface area contributed by atoms with E-state index in [-0.39, 0.29) is 24.8 Å². The molecule has 3 aromatic rings. The van der Waals surface area contributed by atoms with Crippen LogP contribution >= 0.6 is 0 Å². The van der Waals surface area contributed by atoms with Gasteiger partial charge in [-0.3, -0.25) is 9.89 Å². The van der Waals surface area contributed by atoms with Crippen molar-refractivity contribution >= 4 is 5.91 Å². The van der Waals surface area contributed by atoms with Crippen LogP contribution in [0.5, 0.6) is 23.0 Å². The molecule has 1 unspecified atom stereocenters. The van der Waals surface area contributed by atoms with Crippen molar-refractivity contribution in [1.29, 1.82) is 0 Å². The van der Waals surface area contributed by atoms with Gasteiger partial charge >= 0.3 is 0 Å². The van der Waals surface area contributed by atoms with E-state index in [4.69, 9.17) is 14.2 Å². The largest absolute Gasteiger partial charge is 0.507 e. The number of aromatic amines is 1. The average Bonchev–Trinajstić information content (AvgIpc) is 3.31. The summed E-state index contributed by atoms with van der Waals surface area (Å²) in [5.74, 6) is 1.10. The van der Waals surface area contributed by atoms with Crippen molar-refractivity contribution in [3.05, 3.63) is 52.2 Å². The van der Waals surface area contributed by atoms with E-state index < -0.39 is 6.04 Å². The van der Waals surface area contributed by atoms with Crippen LogP contribution in [-0.2, 0) is 0 Å². The quantitative estimate of drug-likeness (QED) is 0.503. The number of benzene rings is 2. The van der Waals surface area contributed by atoms with Crippen molar-refractivity contribution < 1.29 is 29.2 Å². The maximum atomic E-state index is 13.3. The van der Waals surface area contributed by atoms with E-state index in [1.165, 1.54) is 21.3 Å². The molecule has 174 valence electrons. The molecule has 1 atom stereocenters. The van der Waals surface area contributed by atoms with Crippen LogP contribution in [0.1, 0.15) is 38.8 Å². The summed E-state index contributed by atoms with van der Waals surface area (Å²) < 4.78 is 16.5. The topological polar surface area (TPSA) is 117 Å². The zero-order valence-electron chi connectivity index (χ0n) is 19.2. The Kier molecular flexibility index (Phi) is 5.90. The fourth-order valence-corrected chi connectivity index (χ4v) is 4.58. The van der Waals surface area contributed by atoms with Gasteiger partial charge in [0.05, 0.1) is 34.0 Å². The average molecular weight is 453 g/mol. The predicted octanol–water partition coefficient (Wildman–Crippen LogP) is 2.96. The summed E-state index contributed by atoms with van der Waals surface area (Å²) in [7, 11) is 4.57. The number of H-pyrrole nitrogens is 1. The third-order valence-corrected chi connectivity index (χ3v) is 5.90. The Balaban J connectivity index is 1.98. The van der Waals surface area contributed by atoms with Crippen molar-refractivity contribution in [2.75, 3.05) is 34.5 Å². The Morgan fingerprint density at radius 2 is 1.73 bits per heavy atom. The van der Waals surface area contributed by atoms with Crippen molar-refractivity contribution in [1.82, 2.24) is 15.1 Å². The van der Waals surface area contributed by atoms with Crippen LogP contribution in [0.25, 0.3) is 11.3 Å². The Labute approximate surface area is 191 Å². The van der Waals surface area contributed by atoms with E-state index in [9.17, 15) is 15.0 Å². The summed E-state index contributed by atoms with van der Waals surface area (Å²) in [6, 6.07) is 6.57. The number of aliphatic hydroxyl groups is 1. The van der Waals surface area contributed by atoms with Crippen LogP contribution in [0, 0.1) is 13.8 Å². The number of ether oxygens (including phenoxy) is 3. The molecule has 2 aromatic carbocycles. The van der Waals surface area contributed by atoms with Crippen LogP contribution in [-0.4, -0.2) is 65.7 Å². The first kappa shape index (κ1) is 22.5. The second-order valence-electron chi connectivity index (χ2n) is 7.92. The second-order valence-corrected chi connectivity index (χ2v) is 7.92. The Bertz CT molecular complexity index is 1170. The number of carbonyl (C=O) groups is 1. The molecule has 1 aliphatic heterocycles. The lowest BCUT2D eigenvalue weighted by Crippen LogP contribution is -2.32. The molecule has 1 aromatic heterocycles. The molecule has 0 bridgehead atoms. The van der Waals surface area contributed by atoms with E-state index >= 15 is 0 Å². The van der Waals surface area contributed by atoms with Crippen LogP contribution < -0.4 is 14.2 Å². The molecular weight excluding hydrogens is 426 g/mol. The van der Waals surface area contributed by atoms with E-state index in [0.717, 1.165) is 11.1 Å². The van der Waals surface area contributed by atoms with Crippen molar-refractivity contribution in [2.45, 2.75) is 19.9 Å². The molecule has 0 spiro atoms. The van der Waals surface area contributed by atoms with Gasteiger partial charge in [0.15, 0.2) is 11.5 Å². The molecule has 0 aliphatic carbocycles. The zero-order valence-corrected chi connectivity index (χ0v) is 19.2. The van der Waals surface area contributed by atoms with Gasteiger partial charge in [0.2, 0.25) is 5.75 Å². The molecule has 0 saturated heterocycles. The molecule has 1 amide bonds. The highest BCUT2D eigenvalue weighted by molar-refractivity contribution is 6.00. The van der Waals surface area contributed by atoms with E-state index in [2.05, 4.69) is 10.2 Å². The number of fused-ring (bicyclic) bond motifs is 1. The summed E-state index contributed by atoms with van der Waals surface area (Å²) in [6.07, 6.45) is 0. The van der Waals surface area contributed by atoms with E-state index in [1.54, 1.807) is 23.1 Å². The minimum absolute atomic E-state index is 0.0819. The highest BCUT2D eigenvalue weighted by atomic mass is 16.5. The number of amides is 1. The molecule has 0 fully saturated rings. The number of phenols is 1. The minimum Gasteiger partial charge on any atom is -0.507 e. The number of phenolic OH excluding ortho intramolecular Hbond substituents is 1.